The van der Waals surface area contributed by atoms with Crippen LogP contribution in [0.4, 0.5) is 0 Å². The number of ether oxygens (including phenoxy) is 3. The number of esters is 1. The fraction of sp³-hybridized carbons (Fsp3) is 0.433. The number of aryl methyl sites for hydroxylation is 1. The number of hydrogen-bond donors (Lipinski definition) is 2. The van der Waals surface area contributed by atoms with Gasteiger partial charge < -0.3 is 28.4 Å². The van der Waals surface area contributed by atoms with Crippen LogP contribution in [0.15, 0.2) is 60.4 Å². The van der Waals surface area contributed by atoms with Crippen molar-refractivity contribution in [1.29, 1.82) is 0 Å². The molecule has 234 valence electrons. The fourth-order valence-corrected chi connectivity index (χ4v) is 7.80. The highest BCUT2D eigenvalue weighted by molar-refractivity contribution is 7.52. The predicted octanol–water partition coefficient (Wildman–Crippen LogP) is 5.02. The van der Waals surface area contributed by atoms with Crippen LogP contribution >= 0.6 is 19.1 Å². The highest BCUT2D eigenvalue weighted by Gasteiger charge is 2.62. The largest absolute Gasteiger partial charge is 0.462 e. The molecule has 2 aliphatic rings. The molecule has 0 saturated carbocycles. The van der Waals surface area contributed by atoms with Gasteiger partial charge in [-0.25, -0.2) is 14.5 Å². The van der Waals surface area contributed by atoms with Crippen molar-refractivity contribution in [2.75, 3.05) is 13.2 Å². The van der Waals surface area contributed by atoms with Crippen LogP contribution in [0.1, 0.15) is 39.1 Å². The lowest BCUT2D eigenvalue weighted by atomic mass is 9.86. The number of aromatic nitrogens is 3. The number of carbonyl (C=O) groups excluding carboxylic acids is 1. The molecule has 2 fully saturated rings. The van der Waals surface area contributed by atoms with E-state index >= 15 is 0 Å². The summed E-state index contributed by atoms with van der Waals surface area (Å²) in [6.07, 6.45) is 0.795. The van der Waals surface area contributed by atoms with Crippen molar-refractivity contribution >= 4 is 36.1 Å². The maximum Gasteiger partial charge on any atom is 0.459 e. The Morgan fingerprint density at radius 1 is 1.23 bits per heavy atom. The summed E-state index contributed by atoms with van der Waals surface area (Å²) in [5.74, 6) is -0.342. The molecule has 0 radical (unpaired) electrons. The summed E-state index contributed by atoms with van der Waals surface area (Å²) in [4.78, 5) is 22.6. The van der Waals surface area contributed by atoms with Crippen molar-refractivity contribution in [2.24, 2.45) is 0 Å². The zero-order chi connectivity index (χ0) is 31.1. The minimum Gasteiger partial charge on any atom is -0.462 e. The smallest absolute Gasteiger partial charge is 0.459 e. The molecule has 1 spiro atoms. The van der Waals surface area contributed by atoms with E-state index in [0.717, 1.165) is 21.5 Å². The molecular weight excluding hydrogens is 607 g/mol. The van der Waals surface area contributed by atoms with Gasteiger partial charge in [-0.2, -0.15) is 5.09 Å². The normalized spacial score (nSPS) is 25.2. The lowest BCUT2D eigenvalue weighted by molar-refractivity contribution is -0.225. The van der Waals surface area contributed by atoms with E-state index in [1.807, 2.05) is 35.2 Å². The number of hydrogen-bond acceptors (Lipinski definition) is 11. The first kappa shape index (κ1) is 30.8. The zero-order valence-electron chi connectivity index (χ0n) is 24.8. The molecule has 1 aromatic carbocycles. The number of rotatable bonds is 11. The second-order valence-electron chi connectivity index (χ2n) is 11.1. The lowest BCUT2D eigenvalue weighted by Crippen LogP contribution is -2.56. The van der Waals surface area contributed by atoms with Gasteiger partial charge in [0.05, 0.1) is 25.0 Å². The monoisotopic (exact) mass is 642 g/mol. The maximum atomic E-state index is 14.0. The van der Waals surface area contributed by atoms with Crippen molar-refractivity contribution < 1.29 is 37.7 Å². The molecule has 14 heteroatoms. The number of carbonyl (C=O) groups is 1. The van der Waals surface area contributed by atoms with Crippen LogP contribution in [-0.4, -0.2) is 68.8 Å². The van der Waals surface area contributed by atoms with Crippen LogP contribution in [0.2, 0.25) is 0 Å². The minimum absolute atomic E-state index is 0.271. The predicted molar refractivity (Wildman–Crippen MR) is 163 cm³/mol. The van der Waals surface area contributed by atoms with E-state index in [-0.39, 0.29) is 18.5 Å². The third-order valence-electron chi connectivity index (χ3n) is 7.71. The van der Waals surface area contributed by atoms with E-state index in [4.69, 9.17) is 23.3 Å². The molecular formula is C30H35N4O8PS. The van der Waals surface area contributed by atoms with Gasteiger partial charge in [0, 0.05) is 28.4 Å². The number of fused-ring (bicyclic) bond motifs is 1. The highest BCUT2D eigenvalue weighted by Crippen LogP contribution is 2.52. The molecule has 2 saturated heterocycles. The van der Waals surface area contributed by atoms with E-state index < -0.39 is 43.8 Å². The summed E-state index contributed by atoms with van der Waals surface area (Å²) in [6.45, 7) is 7.00. The lowest BCUT2D eigenvalue weighted by Gasteiger charge is -2.44. The maximum absolute atomic E-state index is 14.0. The molecule has 0 bridgehead atoms. The van der Waals surface area contributed by atoms with E-state index in [2.05, 4.69) is 15.1 Å². The number of nitrogens with one attached hydrogen (secondary N) is 1. The molecule has 3 aromatic heterocycles. The van der Waals surface area contributed by atoms with Crippen molar-refractivity contribution in [2.45, 2.75) is 70.3 Å². The Kier molecular flexibility index (Phi) is 8.64. The SMILES string of the molecule is Cc1ncnc2c1c(-c1cccs1)cn2[C@@H]1O[C@H](COP(=O)(N[C@@H](C)C(=O)OC(C)C)Oc2ccccc2)[C@@H](O)[C@]12CCO2. The minimum atomic E-state index is -4.18. The van der Waals surface area contributed by atoms with Crippen LogP contribution < -0.4 is 9.61 Å². The molecule has 6 rings (SSSR count). The third kappa shape index (κ3) is 5.81. The molecule has 6 atom stereocenters. The van der Waals surface area contributed by atoms with Gasteiger partial charge in [0.15, 0.2) is 6.23 Å². The van der Waals surface area contributed by atoms with E-state index in [1.165, 1.54) is 13.3 Å². The van der Waals surface area contributed by atoms with Gasteiger partial charge >= 0.3 is 13.7 Å². The molecule has 4 aromatic rings. The molecule has 5 heterocycles. The second kappa shape index (κ2) is 12.3. The van der Waals surface area contributed by atoms with Gasteiger partial charge in [-0.3, -0.25) is 9.32 Å². The number of nitrogens with zero attached hydrogens (tertiary/aromatic N) is 3. The molecule has 0 amide bonds. The average molecular weight is 643 g/mol. The quantitative estimate of drug-likeness (QED) is 0.168. The van der Waals surface area contributed by atoms with E-state index in [9.17, 15) is 14.5 Å². The first-order chi connectivity index (χ1) is 21.1. The first-order valence-electron chi connectivity index (χ1n) is 14.4. The van der Waals surface area contributed by atoms with Crippen LogP contribution in [0.5, 0.6) is 5.75 Å². The molecule has 2 aliphatic heterocycles. The molecule has 12 nitrogen and oxygen atoms in total. The number of para-hydroxylation sites is 1. The molecule has 1 unspecified atom stereocenters. The van der Waals surface area contributed by atoms with Crippen molar-refractivity contribution in [3.63, 3.8) is 0 Å². The molecule has 44 heavy (non-hydrogen) atoms. The van der Waals surface area contributed by atoms with Gasteiger partial charge in [-0.1, -0.05) is 24.3 Å². The fourth-order valence-electron chi connectivity index (χ4n) is 5.55. The summed E-state index contributed by atoms with van der Waals surface area (Å²) in [5, 5.41) is 17.1. The topological polar surface area (TPSA) is 143 Å². The summed E-state index contributed by atoms with van der Waals surface area (Å²) < 4.78 is 45.3. The van der Waals surface area contributed by atoms with Gasteiger partial charge in [-0.15, -0.1) is 11.3 Å². The average Bonchev–Trinajstić information content (AvgIpc) is 3.68. The van der Waals surface area contributed by atoms with E-state index in [0.29, 0.717) is 18.7 Å². The Hall–Kier alpha value is -3.16. The van der Waals surface area contributed by atoms with Gasteiger partial charge in [0.1, 0.15) is 41.6 Å². The molecule has 0 aliphatic carbocycles. The summed E-state index contributed by atoms with van der Waals surface area (Å²) in [5.41, 5.74) is 1.34. The molecule has 2 N–H and O–H groups in total. The summed E-state index contributed by atoms with van der Waals surface area (Å²) >= 11 is 1.60. The van der Waals surface area contributed by atoms with E-state index in [1.54, 1.807) is 55.5 Å². The summed E-state index contributed by atoms with van der Waals surface area (Å²) in [7, 11) is -4.18. The number of thiophene rings is 1. The van der Waals surface area contributed by atoms with Gasteiger partial charge in [0.2, 0.25) is 0 Å². The Labute approximate surface area is 258 Å². The Morgan fingerprint density at radius 3 is 2.66 bits per heavy atom. The second-order valence-corrected chi connectivity index (χ2v) is 13.8. The summed E-state index contributed by atoms with van der Waals surface area (Å²) in [6, 6.07) is 11.5. The number of aliphatic hydroxyl groups excluding tert-OH is 1. The van der Waals surface area contributed by atoms with Crippen LogP contribution in [0.3, 0.4) is 0 Å². The first-order valence-corrected chi connectivity index (χ1v) is 16.8. The highest BCUT2D eigenvalue weighted by atomic mass is 32.1. The number of aliphatic hydroxyl groups is 1. The van der Waals surface area contributed by atoms with Crippen molar-refractivity contribution in [1.82, 2.24) is 19.6 Å². The van der Waals surface area contributed by atoms with Gasteiger partial charge in [-0.05, 0) is 51.3 Å². The number of benzene rings is 1. The standard InChI is InChI=1S/C30H35N4O8PS/c1-18(2)40-28(36)20(4)33-43(37,42-21-9-6-5-7-10-21)39-16-23-26(35)30(12-13-38-30)29(41-23)34-15-22(24-11-8-14-44-24)25-19(3)31-17-32-27(25)34/h5-11,14-15,17-18,20,23,26,29,35H,12-13,16H2,1-4H3,(H,33,37)/t20-,23+,26+,29+,30+,43?/m0/s1. The van der Waals surface area contributed by atoms with Crippen LogP contribution in [0.25, 0.3) is 21.5 Å². The van der Waals surface area contributed by atoms with Crippen molar-refractivity contribution in [3.05, 3.63) is 66.1 Å². The Morgan fingerprint density at radius 2 is 2.00 bits per heavy atom. The van der Waals surface area contributed by atoms with Crippen molar-refractivity contribution in [3.8, 4) is 16.2 Å². The zero-order valence-corrected chi connectivity index (χ0v) is 26.5. The van der Waals surface area contributed by atoms with Crippen LogP contribution in [-0.2, 0) is 28.1 Å². The Bertz CT molecular complexity index is 1660. The third-order valence-corrected chi connectivity index (χ3v) is 10.3. The van der Waals surface area contributed by atoms with Crippen LogP contribution in [0, 0.1) is 6.92 Å². The van der Waals surface area contributed by atoms with Gasteiger partial charge in [0.25, 0.3) is 0 Å². The Balaban J connectivity index is 1.28.